The van der Waals surface area contributed by atoms with E-state index in [9.17, 15) is 14.4 Å². The molecule has 7 heteroatoms. The number of anilines is 1. The summed E-state index contributed by atoms with van der Waals surface area (Å²) in [4.78, 5) is 39.6. The number of carbonyl (C=O) groups is 3. The van der Waals surface area contributed by atoms with Crippen molar-refractivity contribution in [3.8, 4) is 5.75 Å². The number of aryl methyl sites for hydroxylation is 3. The van der Waals surface area contributed by atoms with Gasteiger partial charge in [0.15, 0.2) is 0 Å². The number of benzene rings is 4. The van der Waals surface area contributed by atoms with Gasteiger partial charge in [-0.3, -0.25) is 19.3 Å². The van der Waals surface area contributed by atoms with Crippen LogP contribution in [-0.2, 0) is 16.2 Å². The Morgan fingerprint density at radius 2 is 1.64 bits per heavy atom. The second-order valence-electron chi connectivity index (χ2n) is 9.59. The number of nitrogens with zero attached hydrogens (tertiary/aromatic N) is 1. The SMILES string of the molecule is Cc1cc(C)c(NC(=O)CN2C(=O)S/C(=C/c3cccc(OCc4cccc5ccccc45)c3)C2=O)c(C)c1. The Balaban J connectivity index is 1.26. The highest BCUT2D eigenvalue weighted by atomic mass is 32.2. The average molecular weight is 537 g/mol. The third-order valence-corrected chi connectivity index (χ3v) is 7.45. The molecule has 0 radical (unpaired) electrons. The Kier molecular flexibility index (Phi) is 7.52. The number of hydrogen-bond acceptors (Lipinski definition) is 5. The lowest BCUT2D eigenvalue weighted by atomic mass is 10.1. The van der Waals surface area contributed by atoms with E-state index in [1.807, 2.05) is 81.4 Å². The molecule has 1 aliphatic heterocycles. The number of fused-ring (bicyclic) bond motifs is 1. The van der Waals surface area contributed by atoms with Crippen LogP contribution in [0.3, 0.4) is 0 Å². The fourth-order valence-electron chi connectivity index (χ4n) is 4.76. The van der Waals surface area contributed by atoms with Crippen molar-refractivity contribution in [2.45, 2.75) is 27.4 Å². The van der Waals surface area contributed by atoms with Crippen LogP contribution in [0.15, 0.2) is 83.8 Å². The van der Waals surface area contributed by atoms with Crippen LogP contribution >= 0.6 is 11.8 Å². The first kappa shape index (κ1) is 26.3. The number of nitrogens with one attached hydrogen (secondary N) is 1. The van der Waals surface area contributed by atoms with Gasteiger partial charge in [-0.15, -0.1) is 0 Å². The van der Waals surface area contributed by atoms with Crippen LogP contribution in [-0.4, -0.2) is 28.5 Å². The summed E-state index contributed by atoms with van der Waals surface area (Å²) in [5.74, 6) is -0.254. The van der Waals surface area contributed by atoms with Gasteiger partial charge < -0.3 is 10.1 Å². The molecule has 0 unspecified atom stereocenters. The van der Waals surface area contributed by atoms with E-state index in [1.165, 1.54) is 0 Å². The minimum absolute atomic E-state index is 0.265. The lowest BCUT2D eigenvalue weighted by Gasteiger charge is -2.15. The summed E-state index contributed by atoms with van der Waals surface area (Å²) in [5, 5.41) is 4.68. The smallest absolute Gasteiger partial charge is 0.294 e. The van der Waals surface area contributed by atoms with E-state index in [1.54, 1.807) is 6.08 Å². The van der Waals surface area contributed by atoms with Crippen molar-refractivity contribution in [1.29, 1.82) is 0 Å². The zero-order valence-electron chi connectivity index (χ0n) is 22.0. The number of imide groups is 1. The Morgan fingerprint density at radius 3 is 2.44 bits per heavy atom. The fraction of sp³-hybridized carbons (Fsp3) is 0.156. The van der Waals surface area contributed by atoms with Crippen LogP contribution < -0.4 is 10.1 Å². The zero-order chi connectivity index (χ0) is 27.5. The predicted octanol–water partition coefficient (Wildman–Crippen LogP) is 7.02. The van der Waals surface area contributed by atoms with Crippen LogP contribution in [0.25, 0.3) is 16.8 Å². The van der Waals surface area contributed by atoms with E-state index in [2.05, 4.69) is 23.5 Å². The van der Waals surface area contributed by atoms with Crippen molar-refractivity contribution >= 4 is 51.4 Å². The molecule has 0 aromatic heterocycles. The van der Waals surface area contributed by atoms with E-state index in [0.29, 0.717) is 18.0 Å². The largest absolute Gasteiger partial charge is 0.489 e. The lowest BCUT2D eigenvalue weighted by molar-refractivity contribution is -0.127. The first-order valence-electron chi connectivity index (χ1n) is 12.6. The van der Waals surface area contributed by atoms with Crippen molar-refractivity contribution in [1.82, 2.24) is 4.90 Å². The van der Waals surface area contributed by atoms with Crippen LogP contribution in [0, 0.1) is 20.8 Å². The Hall–Kier alpha value is -4.36. The van der Waals surface area contributed by atoms with Crippen molar-refractivity contribution < 1.29 is 19.1 Å². The summed E-state index contributed by atoms with van der Waals surface area (Å²) in [7, 11) is 0. The molecule has 0 saturated carbocycles. The molecule has 4 aromatic rings. The van der Waals surface area contributed by atoms with Crippen LogP contribution in [0.4, 0.5) is 10.5 Å². The number of rotatable bonds is 7. The minimum atomic E-state index is -0.487. The molecule has 4 aromatic carbocycles. The monoisotopic (exact) mass is 536 g/mol. The molecule has 6 nitrogen and oxygen atoms in total. The van der Waals surface area contributed by atoms with Gasteiger partial charge in [-0.1, -0.05) is 72.3 Å². The summed E-state index contributed by atoms with van der Waals surface area (Å²) in [6, 6.07) is 25.6. The van der Waals surface area contributed by atoms with Gasteiger partial charge in [0.2, 0.25) is 5.91 Å². The summed E-state index contributed by atoms with van der Waals surface area (Å²) < 4.78 is 6.06. The Labute approximate surface area is 231 Å². The molecule has 5 rings (SSSR count). The molecule has 3 amide bonds. The van der Waals surface area contributed by atoms with Gasteiger partial charge in [-0.05, 0) is 83.8 Å². The number of thioether (sulfide) groups is 1. The molecular weight excluding hydrogens is 508 g/mol. The Bertz CT molecular complexity index is 1610. The lowest BCUT2D eigenvalue weighted by Crippen LogP contribution is -2.36. The third-order valence-electron chi connectivity index (χ3n) is 6.55. The first-order valence-corrected chi connectivity index (χ1v) is 13.4. The number of ether oxygens (including phenoxy) is 1. The summed E-state index contributed by atoms with van der Waals surface area (Å²) in [6.07, 6.45) is 1.65. The minimum Gasteiger partial charge on any atom is -0.489 e. The zero-order valence-corrected chi connectivity index (χ0v) is 22.8. The summed E-state index contributed by atoms with van der Waals surface area (Å²) in [6.45, 7) is 5.88. The quantitative estimate of drug-likeness (QED) is 0.257. The van der Waals surface area contributed by atoms with Crippen molar-refractivity contribution in [2.75, 3.05) is 11.9 Å². The van der Waals surface area contributed by atoms with E-state index in [0.717, 1.165) is 55.3 Å². The first-order chi connectivity index (χ1) is 18.8. The molecule has 0 spiro atoms. The molecule has 1 fully saturated rings. The highest BCUT2D eigenvalue weighted by molar-refractivity contribution is 8.18. The van der Waals surface area contributed by atoms with Crippen LogP contribution in [0.2, 0.25) is 0 Å². The predicted molar refractivity (Wildman–Crippen MR) is 157 cm³/mol. The second kappa shape index (κ2) is 11.2. The van der Waals surface area contributed by atoms with Gasteiger partial charge in [-0.2, -0.15) is 0 Å². The highest BCUT2D eigenvalue weighted by Crippen LogP contribution is 2.33. The molecule has 1 aliphatic rings. The maximum absolute atomic E-state index is 13.0. The molecule has 1 saturated heterocycles. The summed E-state index contributed by atoms with van der Waals surface area (Å²) in [5.41, 5.74) is 5.46. The number of hydrogen-bond donors (Lipinski definition) is 1. The summed E-state index contributed by atoms with van der Waals surface area (Å²) >= 11 is 0.828. The van der Waals surface area contributed by atoms with E-state index >= 15 is 0 Å². The van der Waals surface area contributed by atoms with Gasteiger partial charge in [0, 0.05) is 5.69 Å². The molecule has 1 N–H and O–H groups in total. The molecule has 196 valence electrons. The normalized spacial score (nSPS) is 14.3. The molecular formula is C32H28N2O4S. The van der Waals surface area contributed by atoms with Gasteiger partial charge in [-0.25, -0.2) is 0 Å². The molecule has 0 atom stereocenters. The maximum atomic E-state index is 13.0. The molecule has 0 bridgehead atoms. The van der Waals surface area contributed by atoms with Crippen LogP contribution in [0.5, 0.6) is 5.75 Å². The third kappa shape index (κ3) is 5.89. The number of carbonyl (C=O) groups excluding carboxylic acids is 3. The maximum Gasteiger partial charge on any atom is 0.294 e. The van der Waals surface area contributed by atoms with E-state index in [4.69, 9.17) is 4.74 Å². The Morgan fingerprint density at radius 1 is 0.923 bits per heavy atom. The molecule has 39 heavy (non-hydrogen) atoms. The van der Waals surface area contributed by atoms with Crippen LogP contribution in [0.1, 0.15) is 27.8 Å². The van der Waals surface area contributed by atoms with Crippen molar-refractivity contribution in [3.63, 3.8) is 0 Å². The average Bonchev–Trinajstić information content (AvgIpc) is 3.17. The van der Waals surface area contributed by atoms with Gasteiger partial charge >= 0.3 is 0 Å². The number of amides is 3. The van der Waals surface area contributed by atoms with Crippen molar-refractivity contribution in [3.05, 3.63) is 112 Å². The molecule has 0 aliphatic carbocycles. The standard InChI is InChI=1S/C32H28N2O4S/c1-20-14-21(2)30(22(3)15-20)33-29(35)18-34-31(36)28(39-32(34)37)17-23-8-6-12-26(16-23)38-19-25-11-7-10-24-9-4-5-13-27(24)25/h4-17H,18-19H2,1-3H3,(H,33,35)/b28-17+. The van der Waals surface area contributed by atoms with E-state index in [-0.39, 0.29) is 11.4 Å². The topological polar surface area (TPSA) is 75.7 Å². The van der Waals surface area contributed by atoms with Gasteiger partial charge in [0.25, 0.3) is 11.1 Å². The highest BCUT2D eigenvalue weighted by Gasteiger charge is 2.36. The molecule has 1 heterocycles. The van der Waals surface area contributed by atoms with Gasteiger partial charge in [0.05, 0.1) is 4.91 Å². The fourth-order valence-corrected chi connectivity index (χ4v) is 5.60. The second-order valence-corrected chi connectivity index (χ2v) is 10.6. The van der Waals surface area contributed by atoms with Gasteiger partial charge in [0.1, 0.15) is 18.9 Å². The van der Waals surface area contributed by atoms with E-state index < -0.39 is 17.1 Å². The van der Waals surface area contributed by atoms with Crippen molar-refractivity contribution in [2.24, 2.45) is 0 Å².